The van der Waals surface area contributed by atoms with E-state index >= 15 is 0 Å². The first-order valence-corrected chi connectivity index (χ1v) is 5.26. The Labute approximate surface area is 95.4 Å². The molecule has 5 nitrogen and oxygen atoms in total. The molecule has 0 aliphatic rings. The van der Waals surface area contributed by atoms with Crippen LogP contribution in [0.5, 0.6) is 0 Å². The molecular formula is C11H19NO4. The molecule has 0 atom stereocenters. The van der Waals surface area contributed by atoms with Crippen molar-refractivity contribution in [2.45, 2.75) is 33.1 Å². The minimum atomic E-state index is -0.929. The van der Waals surface area contributed by atoms with Gasteiger partial charge in [-0.15, -0.1) is 0 Å². The van der Waals surface area contributed by atoms with Gasteiger partial charge in [0.05, 0.1) is 5.57 Å². The number of carbonyl (C=O) groups is 2. The fourth-order valence-electron chi connectivity index (χ4n) is 1.55. The van der Waals surface area contributed by atoms with E-state index in [1.165, 1.54) is 0 Å². The van der Waals surface area contributed by atoms with E-state index in [1.807, 2.05) is 11.8 Å². The Hall–Kier alpha value is -1.52. The topological polar surface area (TPSA) is 77.8 Å². The van der Waals surface area contributed by atoms with Crippen molar-refractivity contribution in [1.82, 2.24) is 4.90 Å². The molecule has 0 rings (SSSR count). The van der Waals surface area contributed by atoms with Crippen LogP contribution in [0.15, 0.2) is 11.3 Å². The van der Waals surface area contributed by atoms with Gasteiger partial charge in [0.15, 0.2) is 0 Å². The lowest BCUT2D eigenvalue weighted by Gasteiger charge is -2.22. The van der Waals surface area contributed by atoms with Crippen molar-refractivity contribution in [1.29, 1.82) is 0 Å². The first-order chi connectivity index (χ1) is 7.40. The number of rotatable bonds is 7. The fourth-order valence-corrected chi connectivity index (χ4v) is 1.55. The maximum absolute atomic E-state index is 10.8. The lowest BCUT2D eigenvalue weighted by atomic mass is 10.1. The molecule has 92 valence electrons. The summed E-state index contributed by atoms with van der Waals surface area (Å²) in [6.45, 7) is 4.00. The van der Waals surface area contributed by atoms with Crippen LogP contribution in [0.2, 0.25) is 0 Å². The van der Waals surface area contributed by atoms with Crippen molar-refractivity contribution in [3.05, 3.63) is 11.3 Å². The quantitative estimate of drug-likeness (QED) is 0.648. The molecule has 0 saturated carbocycles. The van der Waals surface area contributed by atoms with Gasteiger partial charge in [0.25, 0.3) is 0 Å². The first kappa shape index (κ1) is 14.5. The molecule has 0 aromatic rings. The third-order valence-corrected chi connectivity index (χ3v) is 2.43. The highest BCUT2D eigenvalue weighted by molar-refractivity contribution is 5.86. The van der Waals surface area contributed by atoms with Gasteiger partial charge in [0, 0.05) is 25.7 Å². The van der Waals surface area contributed by atoms with Crippen molar-refractivity contribution >= 4 is 11.9 Å². The summed E-state index contributed by atoms with van der Waals surface area (Å²) in [5, 5.41) is 17.4. The second-order valence-electron chi connectivity index (χ2n) is 3.65. The monoisotopic (exact) mass is 229 g/mol. The van der Waals surface area contributed by atoms with E-state index in [9.17, 15) is 9.59 Å². The van der Waals surface area contributed by atoms with Gasteiger partial charge in [-0.1, -0.05) is 6.92 Å². The van der Waals surface area contributed by atoms with Crippen LogP contribution in [0.1, 0.15) is 33.1 Å². The predicted molar refractivity (Wildman–Crippen MR) is 60.1 cm³/mol. The fraction of sp³-hybridized carbons (Fsp3) is 0.636. The van der Waals surface area contributed by atoms with Crippen LogP contribution < -0.4 is 0 Å². The Morgan fingerprint density at radius 1 is 1.25 bits per heavy atom. The SMILES string of the molecule is CCC(=C(C)C(=O)O)N(C)CCCC(=O)O. The molecule has 0 aliphatic heterocycles. The minimum absolute atomic E-state index is 0.105. The number of carboxylic acids is 2. The third kappa shape index (κ3) is 4.82. The highest BCUT2D eigenvalue weighted by Gasteiger charge is 2.11. The molecule has 0 heterocycles. The van der Waals surface area contributed by atoms with E-state index in [0.717, 1.165) is 5.70 Å². The van der Waals surface area contributed by atoms with Gasteiger partial charge in [-0.05, 0) is 19.8 Å². The zero-order valence-corrected chi connectivity index (χ0v) is 9.99. The highest BCUT2D eigenvalue weighted by Crippen LogP contribution is 2.13. The summed E-state index contributed by atoms with van der Waals surface area (Å²) in [4.78, 5) is 23.0. The second kappa shape index (κ2) is 6.87. The van der Waals surface area contributed by atoms with Gasteiger partial charge in [-0.2, -0.15) is 0 Å². The number of aliphatic carboxylic acids is 2. The second-order valence-corrected chi connectivity index (χ2v) is 3.65. The van der Waals surface area contributed by atoms with Gasteiger partial charge in [-0.25, -0.2) is 4.79 Å². The van der Waals surface area contributed by atoms with Crippen LogP contribution in [0.25, 0.3) is 0 Å². The van der Waals surface area contributed by atoms with E-state index in [-0.39, 0.29) is 6.42 Å². The van der Waals surface area contributed by atoms with E-state index in [4.69, 9.17) is 10.2 Å². The molecule has 0 unspecified atom stereocenters. The molecule has 0 aliphatic carbocycles. The molecule has 0 fully saturated rings. The summed E-state index contributed by atoms with van der Waals surface area (Å²) in [5.74, 6) is -1.76. The number of hydrogen-bond donors (Lipinski definition) is 2. The number of carboxylic acid groups (broad SMARTS) is 2. The van der Waals surface area contributed by atoms with Gasteiger partial charge in [0.2, 0.25) is 0 Å². The molecule has 0 radical (unpaired) electrons. The molecular weight excluding hydrogens is 210 g/mol. The summed E-state index contributed by atoms with van der Waals surface area (Å²) in [5.41, 5.74) is 1.07. The summed E-state index contributed by atoms with van der Waals surface area (Å²) in [6.07, 6.45) is 1.25. The third-order valence-electron chi connectivity index (χ3n) is 2.43. The van der Waals surface area contributed by atoms with Crippen LogP contribution in [0.3, 0.4) is 0 Å². The van der Waals surface area contributed by atoms with Crippen LogP contribution in [-0.2, 0) is 9.59 Å². The smallest absolute Gasteiger partial charge is 0.333 e. The van der Waals surface area contributed by atoms with E-state index < -0.39 is 11.9 Å². The molecule has 16 heavy (non-hydrogen) atoms. The van der Waals surface area contributed by atoms with Crippen LogP contribution in [0, 0.1) is 0 Å². The molecule has 2 N–H and O–H groups in total. The molecule has 0 aromatic heterocycles. The van der Waals surface area contributed by atoms with E-state index in [2.05, 4.69) is 0 Å². The van der Waals surface area contributed by atoms with E-state index in [1.54, 1.807) is 14.0 Å². The number of allylic oxidation sites excluding steroid dienone is 1. The molecule has 0 spiro atoms. The summed E-state index contributed by atoms with van der Waals surface area (Å²) >= 11 is 0. The average molecular weight is 229 g/mol. The van der Waals surface area contributed by atoms with Crippen molar-refractivity contribution in [3.63, 3.8) is 0 Å². The normalized spacial score (nSPS) is 11.9. The van der Waals surface area contributed by atoms with E-state index in [0.29, 0.717) is 25.0 Å². The van der Waals surface area contributed by atoms with Gasteiger partial charge >= 0.3 is 11.9 Å². The number of nitrogens with zero attached hydrogens (tertiary/aromatic N) is 1. The van der Waals surface area contributed by atoms with Crippen molar-refractivity contribution in [2.24, 2.45) is 0 Å². The lowest BCUT2D eigenvalue weighted by Crippen LogP contribution is -2.22. The maximum atomic E-state index is 10.8. The summed E-state index contributed by atoms with van der Waals surface area (Å²) in [6, 6.07) is 0. The molecule has 0 bridgehead atoms. The van der Waals surface area contributed by atoms with Crippen LogP contribution in [0.4, 0.5) is 0 Å². The highest BCUT2D eigenvalue weighted by atomic mass is 16.4. The van der Waals surface area contributed by atoms with Gasteiger partial charge in [0.1, 0.15) is 0 Å². The lowest BCUT2D eigenvalue weighted by molar-refractivity contribution is -0.137. The largest absolute Gasteiger partial charge is 0.481 e. The van der Waals surface area contributed by atoms with Crippen molar-refractivity contribution < 1.29 is 19.8 Å². The van der Waals surface area contributed by atoms with Crippen LogP contribution >= 0.6 is 0 Å². The Balaban J connectivity index is 4.43. The molecule has 0 saturated heterocycles. The predicted octanol–water partition coefficient (Wildman–Crippen LogP) is 1.55. The zero-order chi connectivity index (χ0) is 12.7. The Morgan fingerprint density at radius 3 is 2.19 bits per heavy atom. The molecule has 0 amide bonds. The van der Waals surface area contributed by atoms with Crippen LogP contribution in [-0.4, -0.2) is 40.6 Å². The first-order valence-electron chi connectivity index (χ1n) is 5.26. The minimum Gasteiger partial charge on any atom is -0.481 e. The zero-order valence-electron chi connectivity index (χ0n) is 9.99. The molecule has 5 heteroatoms. The van der Waals surface area contributed by atoms with Crippen molar-refractivity contribution in [3.8, 4) is 0 Å². The standard InChI is InChI=1S/C11H19NO4/c1-4-9(8(2)11(15)16)12(3)7-5-6-10(13)14/h4-7H2,1-3H3,(H,13,14)(H,15,16). The Morgan fingerprint density at radius 2 is 1.81 bits per heavy atom. The van der Waals surface area contributed by atoms with Crippen molar-refractivity contribution in [2.75, 3.05) is 13.6 Å². The maximum Gasteiger partial charge on any atom is 0.333 e. The Kier molecular flexibility index (Phi) is 6.22. The average Bonchev–Trinajstić information content (AvgIpc) is 2.17. The van der Waals surface area contributed by atoms with Gasteiger partial charge in [-0.3, -0.25) is 4.79 Å². The summed E-state index contributed by atoms with van der Waals surface area (Å²) in [7, 11) is 1.78. The molecule has 0 aromatic carbocycles. The van der Waals surface area contributed by atoms with Gasteiger partial charge < -0.3 is 15.1 Å². The Bertz CT molecular complexity index is 296. The summed E-state index contributed by atoms with van der Waals surface area (Å²) < 4.78 is 0. The number of hydrogen-bond acceptors (Lipinski definition) is 3.